The number of fused-ring (bicyclic) bond motifs is 1. The van der Waals surface area contributed by atoms with Gasteiger partial charge in [0.05, 0.1) is 11.7 Å². The third kappa shape index (κ3) is 3.02. The number of rotatable bonds is 5. The second-order valence-electron chi connectivity index (χ2n) is 6.63. The molecule has 0 bridgehead atoms. The summed E-state index contributed by atoms with van der Waals surface area (Å²) in [5.74, 6) is 3.28. The molecule has 2 atom stereocenters. The van der Waals surface area contributed by atoms with Gasteiger partial charge in [0.15, 0.2) is 0 Å². The summed E-state index contributed by atoms with van der Waals surface area (Å²) in [5.41, 5.74) is 1.07. The number of nitrogens with one attached hydrogen (secondary N) is 2. The molecular formula is C16H26N6. The molecule has 2 aromatic rings. The molecule has 2 aromatic heterocycles. The van der Waals surface area contributed by atoms with E-state index in [1.54, 1.807) is 0 Å². The predicted octanol–water partition coefficient (Wildman–Crippen LogP) is 1.95. The van der Waals surface area contributed by atoms with Crippen molar-refractivity contribution in [3.8, 4) is 0 Å². The number of nitrogens with zero attached hydrogens (tertiary/aromatic N) is 4. The molecule has 0 fully saturated rings. The Morgan fingerprint density at radius 3 is 2.95 bits per heavy atom. The molecule has 6 nitrogen and oxygen atoms in total. The molecule has 6 heteroatoms. The number of hydrogen-bond donors (Lipinski definition) is 2. The number of hydrogen-bond acceptors (Lipinski definition) is 4. The van der Waals surface area contributed by atoms with Gasteiger partial charge >= 0.3 is 0 Å². The van der Waals surface area contributed by atoms with Crippen molar-refractivity contribution in [2.75, 3.05) is 18.4 Å². The largest absolute Gasteiger partial charge is 0.370 e. The number of imidazole rings is 1. The van der Waals surface area contributed by atoms with E-state index in [0.717, 1.165) is 37.0 Å². The van der Waals surface area contributed by atoms with Gasteiger partial charge in [-0.15, -0.1) is 0 Å². The maximum Gasteiger partial charge on any atom is 0.125 e. The Kier molecular flexibility index (Phi) is 4.20. The Morgan fingerprint density at radius 2 is 2.27 bits per heavy atom. The normalized spacial score (nSPS) is 19.0. The summed E-state index contributed by atoms with van der Waals surface area (Å²) in [5, 5.41) is 11.7. The van der Waals surface area contributed by atoms with Gasteiger partial charge in [-0.25, -0.2) is 9.67 Å². The van der Waals surface area contributed by atoms with Gasteiger partial charge in [-0.05, 0) is 12.8 Å². The number of aromatic nitrogens is 4. The van der Waals surface area contributed by atoms with Crippen molar-refractivity contribution in [3.63, 3.8) is 0 Å². The highest BCUT2D eigenvalue weighted by Crippen LogP contribution is 2.22. The zero-order valence-corrected chi connectivity index (χ0v) is 13.9. The highest BCUT2D eigenvalue weighted by Gasteiger charge is 2.23. The van der Waals surface area contributed by atoms with Crippen molar-refractivity contribution in [1.82, 2.24) is 24.6 Å². The van der Waals surface area contributed by atoms with Crippen LogP contribution in [0.2, 0.25) is 0 Å². The Labute approximate surface area is 131 Å². The van der Waals surface area contributed by atoms with E-state index in [2.05, 4.69) is 56.9 Å². The Hall–Kier alpha value is -1.82. The van der Waals surface area contributed by atoms with Gasteiger partial charge in [-0.1, -0.05) is 13.8 Å². The second kappa shape index (κ2) is 6.12. The average Bonchev–Trinajstić information content (AvgIpc) is 3.03. The minimum Gasteiger partial charge on any atom is -0.370 e. The van der Waals surface area contributed by atoms with E-state index in [1.807, 2.05) is 19.3 Å². The summed E-state index contributed by atoms with van der Waals surface area (Å²) in [4.78, 5) is 4.51. The Balaban J connectivity index is 1.63. The van der Waals surface area contributed by atoms with Crippen molar-refractivity contribution < 1.29 is 0 Å². The van der Waals surface area contributed by atoms with Crippen molar-refractivity contribution in [3.05, 3.63) is 30.0 Å². The standard InChI is InChI=1S/C16H26N6/c1-11(2)15(16-17-5-6-21(16)4)19-9-13-8-18-14-7-12(3)20-22(14)10-13/h5-7,11,13,15,18-19H,8-10H2,1-4H3/t13-,15+/m0/s1. The SMILES string of the molecule is Cc1cc2n(n1)C[C@H](CN[C@@H](c1nccn1C)C(C)C)CN2. The maximum absolute atomic E-state index is 4.54. The molecule has 1 aliphatic heterocycles. The molecule has 0 saturated carbocycles. The van der Waals surface area contributed by atoms with Gasteiger partial charge in [0, 0.05) is 51.1 Å². The van der Waals surface area contributed by atoms with Gasteiger partial charge in [-0.3, -0.25) is 0 Å². The van der Waals surface area contributed by atoms with Gasteiger partial charge in [0.2, 0.25) is 0 Å². The van der Waals surface area contributed by atoms with Crippen LogP contribution in [0.5, 0.6) is 0 Å². The van der Waals surface area contributed by atoms with Gasteiger partial charge in [-0.2, -0.15) is 5.10 Å². The molecule has 0 saturated heterocycles. The summed E-state index contributed by atoms with van der Waals surface area (Å²) in [6, 6.07) is 2.38. The lowest BCUT2D eigenvalue weighted by atomic mass is 10.0. The molecule has 0 radical (unpaired) electrons. The van der Waals surface area contributed by atoms with Gasteiger partial charge in [0.25, 0.3) is 0 Å². The lowest BCUT2D eigenvalue weighted by Gasteiger charge is -2.28. The van der Waals surface area contributed by atoms with Crippen LogP contribution in [0.1, 0.15) is 31.4 Å². The van der Waals surface area contributed by atoms with Crippen LogP contribution < -0.4 is 10.6 Å². The van der Waals surface area contributed by atoms with E-state index in [0.29, 0.717) is 11.8 Å². The van der Waals surface area contributed by atoms with Crippen LogP contribution in [0.3, 0.4) is 0 Å². The van der Waals surface area contributed by atoms with Crippen LogP contribution in [0.25, 0.3) is 0 Å². The summed E-state index contributed by atoms with van der Waals surface area (Å²) in [6.07, 6.45) is 3.88. The van der Waals surface area contributed by atoms with Gasteiger partial charge < -0.3 is 15.2 Å². The molecule has 1 aliphatic rings. The lowest BCUT2D eigenvalue weighted by molar-refractivity contribution is 0.326. The molecule has 0 spiro atoms. The molecule has 0 unspecified atom stereocenters. The van der Waals surface area contributed by atoms with Crippen LogP contribution in [0.15, 0.2) is 18.5 Å². The van der Waals surface area contributed by atoms with Crippen LogP contribution in [0.4, 0.5) is 5.82 Å². The summed E-state index contributed by atoms with van der Waals surface area (Å²) in [7, 11) is 2.06. The average molecular weight is 302 g/mol. The Bertz CT molecular complexity index is 626. The predicted molar refractivity (Wildman–Crippen MR) is 87.7 cm³/mol. The van der Waals surface area contributed by atoms with Crippen LogP contribution in [-0.2, 0) is 13.6 Å². The van der Waals surface area contributed by atoms with E-state index in [-0.39, 0.29) is 6.04 Å². The molecule has 0 aromatic carbocycles. The fourth-order valence-corrected chi connectivity index (χ4v) is 3.12. The van der Waals surface area contributed by atoms with Crippen LogP contribution >= 0.6 is 0 Å². The van der Waals surface area contributed by atoms with Crippen LogP contribution in [-0.4, -0.2) is 32.4 Å². The third-order valence-electron chi connectivity index (χ3n) is 4.33. The zero-order valence-electron chi connectivity index (χ0n) is 13.9. The summed E-state index contributed by atoms with van der Waals surface area (Å²) in [6.45, 7) is 9.43. The smallest absolute Gasteiger partial charge is 0.125 e. The molecule has 22 heavy (non-hydrogen) atoms. The molecule has 3 heterocycles. The fourth-order valence-electron chi connectivity index (χ4n) is 3.12. The van der Waals surface area contributed by atoms with Crippen LogP contribution in [0, 0.1) is 18.8 Å². The highest BCUT2D eigenvalue weighted by atomic mass is 15.3. The summed E-state index contributed by atoms with van der Waals surface area (Å²) < 4.78 is 4.18. The van der Waals surface area contributed by atoms with Crippen molar-refractivity contribution >= 4 is 5.82 Å². The molecule has 0 aliphatic carbocycles. The summed E-state index contributed by atoms with van der Waals surface area (Å²) >= 11 is 0. The van der Waals surface area contributed by atoms with Gasteiger partial charge in [0.1, 0.15) is 11.6 Å². The maximum atomic E-state index is 4.54. The van der Waals surface area contributed by atoms with E-state index < -0.39 is 0 Å². The quantitative estimate of drug-likeness (QED) is 0.886. The number of anilines is 1. The van der Waals surface area contributed by atoms with E-state index >= 15 is 0 Å². The van der Waals surface area contributed by atoms with Crippen molar-refractivity contribution in [2.45, 2.75) is 33.4 Å². The first-order valence-electron chi connectivity index (χ1n) is 8.03. The third-order valence-corrected chi connectivity index (χ3v) is 4.33. The molecular weight excluding hydrogens is 276 g/mol. The van der Waals surface area contributed by atoms with Crippen molar-refractivity contribution in [1.29, 1.82) is 0 Å². The van der Waals surface area contributed by atoms with E-state index in [1.165, 1.54) is 0 Å². The zero-order chi connectivity index (χ0) is 15.7. The molecule has 0 amide bonds. The fraction of sp³-hybridized carbons (Fsp3) is 0.625. The molecule has 3 rings (SSSR count). The molecule has 2 N–H and O–H groups in total. The first-order chi connectivity index (χ1) is 10.5. The monoisotopic (exact) mass is 302 g/mol. The highest BCUT2D eigenvalue weighted by molar-refractivity contribution is 5.38. The lowest BCUT2D eigenvalue weighted by Crippen LogP contribution is -2.38. The Morgan fingerprint density at radius 1 is 1.45 bits per heavy atom. The minimum absolute atomic E-state index is 0.278. The molecule has 120 valence electrons. The topological polar surface area (TPSA) is 59.7 Å². The van der Waals surface area contributed by atoms with Crippen molar-refractivity contribution in [2.24, 2.45) is 18.9 Å². The second-order valence-corrected chi connectivity index (χ2v) is 6.63. The van der Waals surface area contributed by atoms with E-state index in [9.17, 15) is 0 Å². The number of aryl methyl sites for hydroxylation is 2. The van der Waals surface area contributed by atoms with E-state index in [4.69, 9.17) is 0 Å². The first-order valence-corrected chi connectivity index (χ1v) is 8.03. The minimum atomic E-state index is 0.278. The first kappa shape index (κ1) is 15.1.